The van der Waals surface area contributed by atoms with E-state index in [1.807, 2.05) is 19.9 Å². The van der Waals surface area contributed by atoms with E-state index in [9.17, 15) is 9.59 Å². The maximum absolute atomic E-state index is 11.7. The van der Waals surface area contributed by atoms with Gasteiger partial charge in [0, 0.05) is 22.1 Å². The van der Waals surface area contributed by atoms with Gasteiger partial charge < -0.3 is 10.1 Å². The lowest BCUT2D eigenvalue weighted by molar-refractivity contribution is -0.144. The van der Waals surface area contributed by atoms with Gasteiger partial charge in [0.1, 0.15) is 0 Å². The van der Waals surface area contributed by atoms with Crippen molar-refractivity contribution in [1.82, 2.24) is 9.97 Å². The predicted molar refractivity (Wildman–Crippen MR) is 93.3 cm³/mol. The van der Waals surface area contributed by atoms with Crippen molar-refractivity contribution in [3.05, 3.63) is 46.7 Å². The average molecular weight is 366 g/mol. The molecule has 126 valence electrons. The average Bonchev–Trinajstić information content (AvgIpc) is 2.52. The molecule has 24 heavy (non-hydrogen) atoms. The van der Waals surface area contributed by atoms with E-state index < -0.39 is 11.9 Å². The van der Waals surface area contributed by atoms with E-state index in [1.54, 1.807) is 24.3 Å². The number of halogens is 1. The van der Waals surface area contributed by atoms with Crippen LogP contribution in [-0.2, 0) is 14.3 Å². The van der Waals surface area contributed by atoms with E-state index >= 15 is 0 Å². The van der Waals surface area contributed by atoms with Crippen LogP contribution >= 0.6 is 23.4 Å². The zero-order chi connectivity index (χ0) is 17.5. The Hall–Kier alpha value is -2.12. The number of carbonyl (C=O) groups is 2. The van der Waals surface area contributed by atoms with Gasteiger partial charge in [-0.3, -0.25) is 9.59 Å². The van der Waals surface area contributed by atoms with Crippen molar-refractivity contribution in [1.29, 1.82) is 0 Å². The molecule has 0 radical (unpaired) electrons. The Morgan fingerprint density at radius 2 is 1.79 bits per heavy atom. The molecule has 0 atom stereocenters. The maximum atomic E-state index is 11.7. The molecule has 1 heterocycles. The summed E-state index contributed by atoms with van der Waals surface area (Å²) in [6.07, 6.45) is 0. The lowest BCUT2D eigenvalue weighted by Gasteiger charge is -2.07. The van der Waals surface area contributed by atoms with Crippen LogP contribution in [0, 0.1) is 13.8 Å². The number of ether oxygens (including phenoxy) is 1. The molecular formula is C16H16ClN3O3S. The number of benzene rings is 1. The molecule has 2 aromatic rings. The van der Waals surface area contributed by atoms with Crippen molar-refractivity contribution < 1.29 is 14.3 Å². The van der Waals surface area contributed by atoms with Gasteiger partial charge in [0.05, 0.1) is 5.75 Å². The topological polar surface area (TPSA) is 81.2 Å². The molecule has 0 aliphatic heterocycles. The van der Waals surface area contributed by atoms with Crippen LogP contribution in [0.3, 0.4) is 0 Å². The van der Waals surface area contributed by atoms with Crippen LogP contribution in [0.1, 0.15) is 11.4 Å². The van der Waals surface area contributed by atoms with Gasteiger partial charge >= 0.3 is 5.97 Å². The first-order valence-electron chi connectivity index (χ1n) is 7.08. The summed E-state index contributed by atoms with van der Waals surface area (Å²) < 4.78 is 4.93. The molecular weight excluding hydrogens is 350 g/mol. The van der Waals surface area contributed by atoms with Crippen LogP contribution in [-0.4, -0.2) is 34.2 Å². The maximum Gasteiger partial charge on any atom is 0.316 e. The predicted octanol–water partition coefficient (Wildman–Crippen LogP) is 3.02. The van der Waals surface area contributed by atoms with E-state index in [0.29, 0.717) is 15.9 Å². The fraction of sp³-hybridized carbons (Fsp3) is 0.250. The number of rotatable bonds is 6. The normalized spacial score (nSPS) is 10.3. The van der Waals surface area contributed by atoms with E-state index in [2.05, 4.69) is 15.3 Å². The van der Waals surface area contributed by atoms with Gasteiger partial charge in [-0.25, -0.2) is 9.97 Å². The number of aryl methyl sites for hydroxylation is 2. The van der Waals surface area contributed by atoms with Crippen molar-refractivity contribution in [2.75, 3.05) is 17.7 Å². The number of hydrogen-bond donors (Lipinski definition) is 1. The largest absolute Gasteiger partial charge is 0.455 e. The third-order valence-electron chi connectivity index (χ3n) is 2.77. The molecule has 0 fully saturated rings. The molecule has 2 rings (SSSR count). The molecule has 1 aromatic carbocycles. The highest BCUT2D eigenvalue weighted by Gasteiger charge is 2.10. The summed E-state index contributed by atoms with van der Waals surface area (Å²) in [5.74, 6) is -0.885. The molecule has 8 heteroatoms. The number of anilines is 1. The van der Waals surface area contributed by atoms with Gasteiger partial charge in [-0.05, 0) is 44.2 Å². The molecule has 1 amide bonds. The Kier molecular flexibility index (Phi) is 6.57. The minimum Gasteiger partial charge on any atom is -0.455 e. The Labute approximate surface area is 149 Å². The third-order valence-corrected chi connectivity index (χ3v) is 3.85. The number of aromatic nitrogens is 2. The molecule has 0 spiro atoms. The minimum absolute atomic E-state index is 0.0388. The number of thioether (sulfide) groups is 1. The summed E-state index contributed by atoms with van der Waals surface area (Å²) in [5.41, 5.74) is 2.25. The Balaban J connectivity index is 1.74. The van der Waals surface area contributed by atoms with Crippen LogP contribution < -0.4 is 5.32 Å². The summed E-state index contributed by atoms with van der Waals surface area (Å²) in [6, 6.07) is 8.49. The molecule has 1 aromatic heterocycles. The first kappa shape index (κ1) is 18.2. The summed E-state index contributed by atoms with van der Waals surface area (Å²) in [5, 5.41) is 3.69. The van der Waals surface area contributed by atoms with Gasteiger partial charge in [-0.15, -0.1) is 0 Å². The summed E-state index contributed by atoms with van der Waals surface area (Å²) in [4.78, 5) is 31.8. The van der Waals surface area contributed by atoms with Crippen LogP contribution in [0.4, 0.5) is 5.69 Å². The van der Waals surface area contributed by atoms with Crippen molar-refractivity contribution in [3.63, 3.8) is 0 Å². The van der Waals surface area contributed by atoms with E-state index in [0.717, 1.165) is 11.4 Å². The fourth-order valence-electron chi connectivity index (χ4n) is 1.80. The minimum atomic E-state index is -0.506. The molecule has 0 saturated heterocycles. The van der Waals surface area contributed by atoms with Gasteiger partial charge in [0.2, 0.25) is 0 Å². The highest BCUT2D eigenvalue weighted by molar-refractivity contribution is 7.99. The first-order chi connectivity index (χ1) is 11.4. The van der Waals surface area contributed by atoms with E-state index in [4.69, 9.17) is 16.3 Å². The molecule has 0 aliphatic rings. The van der Waals surface area contributed by atoms with Crippen LogP contribution in [0.15, 0.2) is 35.5 Å². The Morgan fingerprint density at radius 1 is 1.17 bits per heavy atom. The lowest BCUT2D eigenvalue weighted by atomic mass is 10.3. The second-order valence-corrected chi connectivity index (χ2v) is 6.32. The number of carbonyl (C=O) groups excluding carboxylic acids is 2. The number of nitrogens with one attached hydrogen (secondary N) is 1. The van der Waals surface area contributed by atoms with Crippen molar-refractivity contribution in [2.45, 2.75) is 19.0 Å². The van der Waals surface area contributed by atoms with Gasteiger partial charge in [-0.1, -0.05) is 23.4 Å². The molecule has 6 nitrogen and oxygen atoms in total. The Morgan fingerprint density at radius 3 is 2.42 bits per heavy atom. The molecule has 0 unspecified atom stereocenters. The second-order valence-electron chi connectivity index (χ2n) is 4.94. The number of amides is 1. The van der Waals surface area contributed by atoms with Crippen LogP contribution in [0.2, 0.25) is 5.02 Å². The standard InChI is InChI=1S/C16H16ClN3O3S/c1-10-7-11(2)19-16(18-10)24-9-15(22)23-8-14(21)20-13-5-3-12(17)4-6-13/h3-7H,8-9H2,1-2H3,(H,20,21). The van der Waals surface area contributed by atoms with E-state index in [1.165, 1.54) is 11.8 Å². The van der Waals surface area contributed by atoms with Crippen molar-refractivity contribution >= 4 is 40.9 Å². The smallest absolute Gasteiger partial charge is 0.316 e. The molecule has 0 saturated carbocycles. The summed E-state index contributed by atoms with van der Waals surface area (Å²) in [7, 11) is 0. The SMILES string of the molecule is Cc1cc(C)nc(SCC(=O)OCC(=O)Nc2ccc(Cl)cc2)n1. The second kappa shape index (κ2) is 8.65. The highest BCUT2D eigenvalue weighted by atomic mass is 35.5. The molecule has 1 N–H and O–H groups in total. The number of nitrogens with zero attached hydrogens (tertiary/aromatic N) is 2. The first-order valence-corrected chi connectivity index (χ1v) is 8.45. The van der Waals surface area contributed by atoms with E-state index in [-0.39, 0.29) is 12.4 Å². The quantitative estimate of drug-likeness (QED) is 0.481. The summed E-state index contributed by atoms with van der Waals surface area (Å²) in [6.45, 7) is 3.37. The van der Waals surface area contributed by atoms with Crippen molar-refractivity contribution in [2.24, 2.45) is 0 Å². The molecule has 0 aliphatic carbocycles. The number of hydrogen-bond acceptors (Lipinski definition) is 6. The Bertz CT molecular complexity index is 718. The lowest BCUT2D eigenvalue weighted by Crippen LogP contribution is -2.21. The third kappa shape index (κ3) is 6.17. The monoisotopic (exact) mass is 365 g/mol. The van der Waals surface area contributed by atoms with Crippen LogP contribution in [0.5, 0.6) is 0 Å². The van der Waals surface area contributed by atoms with Gasteiger partial charge in [-0.2, -0.15) is 0 Å². The van der Waals surface area contributed by atoms with Gasteiger partial charge in [0.15, 0.2) is 11.8 Å². The van der Waals surface area contributed by atoms with Crippen molar-refractivity contribution in [3.8, 4) is 0 Å². The summed E-state index contributed by atoms with van der Waals surface area (Å²) >= 11 is 6.93. The van der Waals surface area contributed by atoms with Crippen LogP contribution in [0.25, 0.3) is 0 Å². The number of esters is 1. The zero-order valence-corrected chi connectivity index (χ0v) is 14.8. The fourth-order valence-corrected chi connectivity index (χ4v) is 2.67. The molecule has 0 bridgehead atoms. The van der Waals surface area contributed by atoms with Gasteiger partial charge in [0.25, 0.3) is 5.91 Å². The zero-order valence-electron chi connectivity index (χ0n) is 13.2. The highest BCUT2D eigenvalue weighted by Crippen LogP contribution is 2.15.